The number of hydrogen-bond acceptors (Lipinski definition) is 4. The molecule has 1 fully saturated rings. The van der Waals surface area contributed by atoms with Gasteiger partial charge in [0.05, 0.1) is 21.4 Å². The fourth-order valence-electron chi connectivity index (χ4n) is 3.67. The molecule has 1 aliphatic rings. The standard InChI is InChI=1S/C25H22Cl2FN3O2S/c26-19-4-3-6-21(24(19)27)29-23(32)16-33-18-10-8-17(9-11-18)25(34)31-14-12-30(13-15-31)22-7-2-1-5-20(22)28/h1-11H,12-16H2,(H,29,32). The molecule has 1 aliphatic heterocycles. The van der Waals surface area contributed by atoms with E-state index in [4.69, 9.17) is 40.2 Å². The normalized spacial score (nSPS) is 13.5. The Balaban J connectivity index is 1.28. The zero-order valence-corrected chi connectivity index (χ0v) is 20.5. The van der Waals surface area contributed by atoms with Crippen LogP contribution in [-0.4, -0.2) is 48.6 Å². The third kappa shape index (κ3) is 5.78. The van der Waals surface area contributed by atoms with Crippen LogP contribution in [0.15, 0.2) is 66.7 Å². The SMILES string of the molecule is O=C(COc1ccc(C(=S)N2CCN(c3ccccc3F)CC2)cc1)Nc1cccc(Cl)c1Cl. The smallest absolute Gasteiger partial charge is 0.262 e. The minimum atomic E-state index is -0.350. The Bertz CT molecular complexity index is 1190. The Hall–Kier alpha value is -2.87. The monoisotopic (exact) mass is 517 g/mol. The zero-order valence-electron chi connectivity index (χ0n) is 18.1. The molecule has 0 aromatic heterocycles. The number of rotatable bonds is 6. The summed E-state index contributed by atoms with van der Waals surface area (Å²) in [6.07, 6.45) is 0. The van der Waals surface area contributed by atoms with E-state index in [2.05, 4.69) is 10.2 Å². The molecule has 34 heavy (non-hydrogen) atoms. The average Bonchev–Trinajstić information content (AvgIpc) is 2.86. The number of halogens is 3. The third-order valence-electron chi connectivity index (χ3n) is 5.46. The van der Waals surface area contributed by atoms with Crippen LogP contribution in [-0.2, 0) is 4.79 Å². The molecule has 4 rings (SSSR count). The molecule has 1 amide bonds. The summed E-state index contributed by atoms with van der Waals surface area (Å²) in [5, 5.41) is 3.32. The van der Waals surface area contributed by atoms with Crippen molar-refractivity contribution in [2.45, 2.75) is 0 Å². The molecule has 1 heterocycles. The van der Waals surface area contributed by atoms with E-state index in [1.807, 2.05) is 23.1 Å². The van der Waals surface area contributed by atoms with E-state index >= 15 is 0 Å². The number of piperazine rings is 1. The van der Waals surface area contributed by atoms with Gasteiger partial charge in [0.15, 0.2) is 6.61 Å². The van der Waals surface area contributed by atoms with Crippen molar-refractivity contribution >= 4 is 57.7 Å². The summed E-state index contributed by atoms with van der Waals surface area (Å²) < 4.78 is 19.6. The number of nitrogens with zero attached hydrogens (tertiary/aromatic N) is 2. The molecule has 0 saturated carbocycles. The van der Waals surface area contributed by atoms with Gasteiger partial charge in [0, 0.05) is 31.7 Å². The second-order valence-electron chi connectivity index (χ2n) is 7.69. The number of hydrogen-bond donors (Lipinski definition) is 1. The predicted octanol–water partition coefficient (Wildman–Crippen LogP) is 5.65. The second kappa shape index (κ2) is 11.0. The number of carbonyl (C=O) groups is 1. The van der Waals surface area contributed by atoms with Crippen molar-refractivity contribution in [2.24, 2.45) is 0 Å². The molecule has 0 aliphatic carbocycles. The fraction of sp³-hybridized carbons (Fsp3) is 0.200. The largest absolute Gasteiger partial charge is 0.484 e. The number of carbonyl (C=O) groups excluding carboxylic acids is 1. The molecular weight excluding hydrogens is 496 g/mol. The third-order valence-corrected chi connectivity index (χ3v) is 6.77. The first-order valence-corrected chi connectivity index (χ1v) is 11.8. The minimum Gasteiger partial charge on any atom is -0.484 e. The van der Waals surface area contributed by atoms with Crippen LogP contribution >= 0.6 is 35.4 Å². The van der Waals surface area contributed by atoms with E-state index in [0.717, 1.165) is 10.6 Å². The molecular formula is C25H22Cl2FN3O2S. The summed E-state index contributed by atoms with van der Waals surface area (Å²) in [6.45, 7) is 2.61. The van der Waals surface area contributed by atoms with Crippen molar-refractivity contribution in [3.05, 3.63) is 88.2 Å². The molecule has 176 valence electrons. The number of para-hydroxylation sites is 1. The Morgan fingerprint density at radius 1 is 0.971 bits per heavy atom. The minimum absolute atomic E-state index is 0.176. The molecule has 9 heteroatoms. The van der Waals surface area contributed by atoms with Gasteiger partial charge in [-0.2, -0.15) is 0 Å². The molecule has 0 radical (unpaired) electrons. The van der Waals surface area contributed by atoms with Gasteiger partial charge in [0.2, 0.25) is 0 Å². The topological polar surface area (TPSA) is 44.8 Å². The van der Waals surface area contributed by atoms with Crippen LogP contribution in [0.2, 0.25) is 10.0 Å². The van der Waals surface area contributed by atoms with Crippen LogP contribution in [0.5, 0.6) is 5.75 Å². The summed E-state index contributed by atoms with van der Waals surface area (Å²) in [4.78, 5) is 17.1. The van der Waals surface area contributed by atoms with Gasteiger partial charge < -0.3 is 19.9 Å². The van der Waals surface area contributed by atoms with Crippen molar-refractivity contribution in [1.82, 2.24) is 4.90 Å². The van der Waals surface area contributed by atoms with Crippen LogP contribution in [0.25, 0.3) is 0 Å². The van der Waals surface area contributed by atoms with Crippen LogP contribution in [0, 0.1) is 5.82 Å². The van der Waals surface area contributed by atoms with E-state index in [1.54, 1.807) is 42.5 Å². The van der Waals surface area contributed by atoms with Gasteiger partial charge in [-0.15, -0.1) is 0 Å². The average molecular weight is 518 g/mol. The summed E-state index contributed by atoms with van der Waals surface area (Å²) >= 11 is 17.7. The Morgan fingerprint density at radius 3 is 2.38 bits per heavy atom. The van der Waals surface area contributed by atoms with Crippen LogP contribution in [0.1, 0.15) is 5.56 Å². The molecule has 3 aromatic carbocycles. The van der Waals surface area contributed by atoms with E-state index < -0.39 is 0 Å². The van der Waals surface area contributed by atoms with Gasteiger partial charge in [-0.25, -0.2) is 4.39 Å². The van der Waals surface area contributed by atoms with Crippen LogP contribution in [0.3, 0.4) is 0 Å². The summed E-state index contributed by atoms with van der Waals surface area (Å²) in [7, 11) is 0. The number of anilines is 2. The molecule has 1 N–H and O–H groups in total. The van der Waals surface area contributed by atoms with Crippen molar-refractivity contribution < 1.29 is 13.9 Å². The highest BCUT2D eigenvalue weighted by atomic mass is 35.5. The predicted molar refractivity (Wildman–Crippen MR) is 139 cm³/mol. The van der Waals surface area contributed by atoms with Gasteiger partial charge in [0.1, 0.15) is 16.6 Å². The first kappa shape index (κ1) is 24.3. The van der Waals surface area contributed by atoms with E-state index in [1.165, 1.54) is 6.07 Å². The van der Waals surface area contributed by atoms with E-state index in [9.17, 15) is 9.18 Å². The summed E-state index contributed by atoms with van der Waals surface area (Å²) in [5.74, 6) is -0.0155. The number of ether oxygens (including phenoxy) is 1. The van der Waals surface area contributed by atoms with Crippen molar-refractivity contribution in [3.63, 3.8) is 0 Å². The van der Waals surface area contributed by atoms with E-state index in [0.29, 0.717) is 48.3 Å². The highest BCUT2D eigenvalue weighted by Crippen LogP contribution is 2.29. The van der Waals surface area contributed by atoms with Gasteiger partial charge in [-0.05, 0) is 48.5 Å². The lowest BCUT2D eigenvalue weighted by molar-refractivity contribution is -0.118. The molecule has 1 saturated heterocycles. The lowest BCUT2D eigenvalue weighted by Gasteiger charge is -2.37. The van der Waals surface area contributed by atoms with Crippen molar-refractivity contribution in [2.75, 3.05) is 43.0 Å². The quantitative estimate of drug-likeness (QED) is 0.428. The van der Waals surface area contributed by atoms with Crippen molar-refractivity contribution in [1.29, 1.82) is 0 Å². The summed E-state index contributed by atoms with van der Waals surface area (Å²) in [5.41, 5.74) is 1.94. The maximum absolute atomic E-state index is 14.1. The first-order valence-electron chi connectivity index (χ1n) is 10.7. The lowest BCUT2D eigenvalue weighted by Crippen LogP contribution is -2.48. The maximum atomic E-state index is 14.1. The van der Waals surface area contributed by atoms with Gasteiger partial charge >= 0.3 is 0 Å². The maximum Gasteiger partial charge on any atom is 0.262 e. The number of thiocarbonyl (C=S) groups is 1. The van der Waals surface area contributed by atoms with Crippen LogP contribution < -0.4 is 15.0 Å². The van der Waals surface area contributed by atoms with E-state index in [-0.39, 0.29) is 23.4 Å². The number of benzene rings is 3. The Labute approximate surface area is 213 Å². The second-order valence-corrected chi connectivity index (χ2v) is 8.87. The lowest BCUT2D eigenvalue weighted by atomic mass is 10.1. The molecule has 0 bridgehead atoms. The summed E-state index contributed by atoms with van der Waals surface area (Å²) in [6, 6.07) is 19.1. The Kier molecular flexibility index (Phi) is 7.88. The highest BCUT2D eigenvalue weighted by molar-refractivity contribution is 7.80. The van der Waals surface area contributed by atoms with Crippen LogP contribution in [0.4, 0.5) is 15.8 Å². The molecule has 0 spiro atoms. The molecule has 0 atom stereocenters. The number of nitrogens with one attached hydrogen (secondary N) is 1. The Morgan fingerprint density at radius 2 is 1.68 bits per heavy atom. The zero-order chi connectivity index (χ0) is 24.1. The molecule has 5 nitrogen and oxygen atoms in total. The molecule has 3 aromatic rings. The fourth-order valence-corrected chi connectivity index (χ4v) is 4.34. The van der Waals surface area contributed by atoms with Gasteiger partial charge in [-0.1, -0.05) is 53.6 Å². The van der Waals surface area contributed by atoms with Gasteiger partial charge in [-0.3, -0.25) is 4.79 Å². The highest BCUT2D eigenvalue weighted by Gasteiger charge is 2.21. The van der Waals surface area contributed by atoms with Crippen molar-refractivity contribution in [3.8, 4) is 5.75 Å². The first-order chi connectivity index (χ1) is 16.4. The molecule has 0 unspecified atom stereocenters. The van der Waals surface area contributed by atoms with Gasteiger partial charge in [0.25, 0.3) is 5.91 Å². The number of amides is 1.